The van der Waals surface area contributed by atoms with Crippen LogP contribution < -0.4 is 10.1 Å². The molecule has 0 saturated carbocycles. The van der Waals surface area contributed by atoms with Crippen molar-refractivity contribution in [1.29, 1.82) is 0 Å². The van der Waals surface area contributed by atoms with Crippen molar-refractivity contribution in [3.8, 4) is 5.75 Å². The van der Waals surface area contributed by atoms with Crippen molar-refractivity contribution >= 4 is 17.6 Å². The van der Waals surface area contributed by atoms with E-state index < -0.39 is 0 Å². The number of esters is 1. The molecule has 2 aromatic rings. The molecule has 2 rings (SSSR count). The van der Waals surface area contributed by atoms with Crippen LogP contribution >= 0.6 is 0 Å². The van der Waals surface area contributed by atoms with Crippen LogP contribution in [0.1, 0.15) is 27.6 Å². The van der Waals surface area contributed by atoms with Crippen molar-refractivity contribution in [2.45, 2.75) is 6.92 Å². The fraction of sp³-hybridized carbons (Fsp3) is 0.176. The molecule has 1 N–H and O–H groups in total. The summed E-state index contributed by atoms with van der Waals surface area (Å²) in [7, 11) is 1.55. The Morgan fingerprint density at radius 3 is 2.41 bits per heavy atom. The van der Waals surface area contributed by atoms with Crippen molar-refractivity contribution in [2.75, 3.05) is 19.0 Å². The normalized spacial score (nSPS) is 9.91. The Hall–Kier alpha value is -2.82. The highest BCUT2D eigenvalue weighted by Gasteiger charge is 2.09. The molecule has 114 valence electrons. The van der Waals surface area contributed by atoms with Gasteiger partial charge in [-0.3, -0.25) is 4.79 Å². The number of rotatable bonds is 5. The lowest BCUT2D eigenvalue weighted by Crippen LogP contribution is -2.12. The van der Waals surface area contributed by atoms with E-state index in [4.69, 9.17) is 9.47 Å². The fourth-order valence-corrected chi connectivity index (χ4v) is 1.87. The van der Waals surface area contributed by atoms with Gasteiger partial charge in [0.25, 0.3) is 5.91 Å². The lowest BCUT2D eigenvalue weighted by atomic mass is 10.1. The molecule has 22 heavy (non-hydrogen) atoms. The number of benzene rings is 2. The van der Waals surface area contributed by atoms with Crippen LogP contribution in [0.15, 0.2) is 48.5 Å². The smallest absolute Gasteiger partial charge is 0.338 e. The Kier molecular flexibility index (Phi) is 5.14. The molecule has 5 nitrogen and oxygen atoms in total. The third-order valence-corrected chi connectivity index (χ3v) is 2.99. The number of nitrogens with one attached hydrogen (secondary N) is 1. The highest BCUT2D eigenvalue weighted by atomic mass is 16.5. The second kappa shape index (κ2) is 7.26. The first-order valence-electron chi connectivity index (χ1n) is 6.86. The minimum absolute atomic E-state index is 0.247. The van der Waals surface area contributed by atoms with Gasteiger partial charge in [-0.25, -0.2) is 4.79 Å². The van der Waals surface area contributed by atoms with Crippen molar-refractivity contribution in [3.05, 3.63) is 59.7 Å². The average Bonchev–Trinajstić information content (AvgIpc) is 2.55. The first kappa shape index (κ1) is 15.6. The van der Waals surface area contributed by atoms with E-state index in [-0.39, 0.29) is 11.9 Å². The van der Waals surface area contributed by atoms with Gasteiger partial charge in [-0.1, -0.05) is 6.07 Å². The predicted octanol–water partition coefficient (Wildman–Crippen LogP) is 3.12. The van der Waals surface area contributed by atoms with Crippen molar-refractivity contribution in [2.24, 2.45) is 0 Å². The second-order valence-electron chi connectivity index (χ2n) is 4.48. The molecular weight excluding hydrogens is 282 g/mol. The SMILES string of the molecule is CCOC(=O)c1ccc(NC(=O)c2cccc(OC)c2)cc1. The summed E-state index contributed by atoms with van der Waals surface area (Å²) in [5.41, 5.74) is 1.54. The molecule has 0 aliphatic heterocycles. The number of hydrogen-bond donors (Lipinski definition) is 1. The lowest BCUT2D eigenvalue weighted by molar-refractivity contribution is 0.0526. The molecule has 0 heterocycles. The number of carbonyl (C=O) groups excluding carboxylic acids is 2. The van der Waals surface area contributed by atoms with E-state index in [9.17, 15) is 9.59 Å². The topological polar surface area (TPSA) is 64.6 Å². The zero-order chi connectivity index (χ0) is 15.9. The third-order valence-electron chi connectivity index (χ3n) is 2.99. The lowest BCUT2D eigenvalue weighted by Gasteiger charge is -2.07. The maximum absolute atomic E-state index is 12.1. The van der Waals surface area contributed by atoms with E-state index in [1.165, 1.54) is 0 Å². The molecule has 0 unspecified atom stereocenters. The number of methoxy groups -OCH3 is 1. The van der Waals surface area contributed by atoms with Crippen molar-refractivity contribution in [1.82, 2.24) is 0 Å². The van der Waals surface area contributed by atoms with Gasteiger partial charge in [-0.15, -0.1) is 0 Å². The fourth-order valence-electron chi connectivity index (χ4n) is 1.87. The summed E-state index contributed by atoms with van der Waals surface area (Å²) in [6.07, 6.45) is 0. The highest BCUT2D eigenvalue weighted by Crippen LogP contribution is 2.15. The van der Waals surface area contributed by atoms with E-state index in [0.29, 0.717) is 29.2 Å². The summed E-state index contributed by atoms with van der Waals surface area (Å²) in [5, 5.41) is 2.76. The largest absolute Gasteiger partial charge is 0.497 e. The Morgan fingerprint density at radius 1 is 1.05 bits per heavy atom. The highest BCUT2D eigenvalue weighted by molar-refractivity contribution is 6.04. The molecule has 0 saturated heterocycles. The molecule has 2 aromatic carbocycles. The number of carbonyl (C=O) groups is 2. The molecular formula is C17H17NO4. The molecule has 0 aromatic heterocycles. The van der Waals surface area contributed by atoms with E-state index in [1.54, 1.807) is 62.6 Å². The van der Waals surface area contributed by atoms with Crippen LogP contribution in [-0.4, -0.2) is 25.6 Å². The summed E-state index contributed by atoms with van der Waals surface area (Å²) in [4.78, 5) is 23.7. The molecule has 0 aliphatic carbocycles. The van der Waals surface area contributed by atoms with Crippen LogP contribution in [0.5, 0.6) is 5.75 Å². The van der Waals surface area contributed by atoms with Gasteiger partial charge in [0, 0.05) is 11.3 Å². The average molecular weight is 299 g/mol. The zero-order valence-corrected chi connectivity index (χ0v) is 12.5. The Morgan fingerprint density at radius 2 is 1.77 bits per heavy atom. The van der Waals surface area contributed by atoms with Crippen molar-refractivity contribution < 1.29 is 19.1 Å². The summed E-state index contributed by atoms with van der Waals surface area (Å²) in [5.74, 6) is -0.0127. The van der Waals surface area contributed by atoms with Gasteiger partial charge >= 0.3 is 5.97 Å². The monoisotopic (exact) mass is 299 g/mol. The van der Waals surface area contributed by atoms with E-state index in [0.717, 1.165) is 0 Å². The molecule has 0 aliphatic rings. The van der Waals surface area contributed by atoms with Gasteiger partial charge in [0.15, 0.2) is 0 Å². The van der Waals surface area contributed by atoms with Crippen molar-refractivity contribution in [3.63, 3.8) is 0 Å². The van der Waals surface area contributed by atoms with Crippen LogP contribution in [0.2, 0.25) is 0 Å². The standard InChI is InChI=1S/C17H17NO4/c1-3-22-17(20)12-7-9-14(10-8-12)18-16(19)13-5-4-6-15(11-13)21-2/h4-11H,3H2,1-2H3,(H,18,19). The van der Waals surface area contributed by atoms with Crippen LogP contribution in [0, 0.1) is 0 Å². The Labute approximate surface area is 128 Å². The number of anilines is 1. The Balaban J connectivity index is 2.06. The van der Waals surface area contributed by atoms with Crippen LogP contribution in [0.25, 0.3) is 0 Å². The minimum atomic E-state index is -0.381. The number of ether oxygens (including phenoxy) is 2. The minimum Gasteiger partial charge on any atom is -0.497 e. The molecule has 0 fully saturated rings. The molecule has 1 amide bonds. The van der Waals surface area contributed by atoms with Gasteiger partial charge in [-0.2, -0.15) is 0 Å². The first-order chi connectivity index (χ1) is 10.6. The van der Waals surface area contributed by atoms with Gasteiger partial charge in [0.1, 0.15) is 5.75 Å². The number of amides is 1. The van der Waals surface area contributed by atoms with E-state index in [2.05, 4.69) is 5.32 Å². The Bertz CT molecular complexity index is 665. The molecule has 0 bridgehead atoms. The maximum atomic E-state index is 12.1. The summed E-state index contributed by atoms with van der Waals surface area (Å²) in [6, 6.07) is 13.4. The molecule has 5 heteroatoms. The van der Waals surface area contributed by atoms with Crippen LogP contribution in [0.4, 0.5) is 5.69 Å². The predicted molar refractivity (Wildman–Crippen MR) is 83.3 cm³/mol. The zero-order valence-electron chi connectivity index (χ0n) is 12.5. The first-order valence-corrected chi connectivity index (χ1v) is 6.86. The molecule has 0 spiro atoms. The number of hydrogen-bond acceptors (Lipinski definition) is 4. The molecule has 0 radical (unpaired) electrons. The van der Waals surface area contributed by atoms with Crippen LogP contribution in [0.3, 0.4) is 0 Å². The summed E-state index contributed by atoms with van der Waals surface area (Å²) in [6.45, 7) is 2.08. The molecule has 0 atom stereocenters. The summed E-state index contributed by atoms with van der Waals surface area (Å²) >= 11 is 0. The van der Waals surface area contributed by atoms with E-state index >= 15 is 0 Å². The maximum Gasteiger partial charge on any atom is 0.338 e. The van der Waals surface area contributed by atoms with Gasteiger partial charge < -0.3 is 14.8 Å². The quantitative estimate of drug-likeness (QED) is 0.862. The van der Waals surface area contributed by atoms with Crippen LogP contribution in [-0.2, 0) is 4.74 Å². The third kappa shape index (κ3) is 3.85. The second-order valence-corrected chi connectivity index (χ2v) is 4.48. The van der Waals surface area contributed by atoms with Gasteiger partial charge in [0.05, 0.1) is 19.3 Å². The van der Waals surface area contributed by atoms with Gasteiger partial charge in [-0.05, 0) is 49.4 Å². The van der Waals surface area contributed by atoms with Gasteiger partial charge in [0.2, 0.25) is 0 Å². The van der Waals surface area contributed by atoms with E-state index in [1.807, 2.05) is 0 Å². The summed E-state index contributed by atoms with van der Waals surface area (Å²) < 4.78 is 9.99.